The third-order valence-corrected chi connectivity index (χ3v) is 2.03. The third-order valence-electron chi connectivity index (χ3n) is 2.03. The molecule has 0 saturated heterocycles. The van der Waals surface area contributed by atoms with Gasteiger partial charge in [-0.1, -0.05) is 20.8 Å². The molecule has 4 heteroatoms. The first kappa shape index (κ1) is 14.2. The Hall–Kier alpha value is -1.84. The lowest BCUT2D eigenvalue weighted by Gasteiger charge is -2.03. The summed E-state index contributed by atoms with van der Waals surface area (Å²) in [5.41, 5.74) is 0.798. The Morgan fingerprint density at radius 2 is 1.50 bits per heavy atom. The number of carboxylic acids is 2. The lowest BCUT2D eigenvalue weighted by atomic mass is 10.0. The van der Waals surface area contributed by atoms with Gasteiger partial charge in [0.2, 0.25) is 0 Å². The van der Waals surface area contributed by atoms with Crippen LogP contribution in [0.1, 0.15) is 47.1 Å². The molecule has 0 spiro atoms. The number of hydrogen-bond acceptors (Lipinski definition) is 2. The van der Waals surface area contributed by atoms with Gasteiger partial charge >= 0.3 is 11.9 Å². The number of carboxylic acid groups (broad SMARTS) is 2. The van der Waals surface area contributed by atoms with E-state index in [1.807, 2.05) is 6.92 Å². The van der Waals surface area contributed by atoms with Crippen molar-refractivity contribution in [3.05, 3.63) is 34.9 Å². The van der Waals surface area contributed by atoms with E-state index in [1.54, 1.807) is 0 Å². The van der Waals surface area contributed by atoms with Crippen LogP contribution in [0.2, 0.25) is 0 Å². The monoisotopic (exact) mass is 224 g/mol. The normalized spacial score (nSPS) is 9.31. The van der Waals surface area contributed by atoms with Crippen LogP contribution in [0.4, 0.5) is 0 Å². The molecule has 0 atom stereocenters. The molecule has 0 aromatic heterocycles. The maximum absolute atomic E-state index is 10.7. The Labute approximate surface area is 94.5 Å². The van der Waals surface area contributed by atoms with Gasteiger partial charge in [0, 0.05) is 0 Å². The standard InChI is InChI=1S/C11H12O4.CH4/c1-2-3-7-4-8(10(12)13)6-9(5-7)11(14)15;/h4-6H,2-3H2,1H3,(H,12,13)(H,14,15);1H4. The zero-order chi connectivity index (χ0) is 11.4. The molecule has 2 N–H and O–H groups in total. The molecule has 0 aliphatic rings. The van der Waals surface area contributed by atoms with Gasteiger partial charge in [0.1, 0.15) is 0 Å². The minimum absolute atomic E-state index is 0. The lowest BCUT2D eigenvalue weighted by molar-refractivity contribution is 0.0696. The van der Waals surface area contributed by atoms with Crippen LogP contribution in [0.3, 0.4) is 0 Å². The fourth-order valence-electron chi connectivity index (χ4n) is 1.37. The van der Waals surface area contributed by atoms with Gasteiger partial charge < -0.3 is 10.2 Å². The molecule has 4 nitrogen and oxygen atoms in total. The maximum Gasteiger partial charge on any atom is 0.335 e. The Balaban J connectivity index is 0.00000225. The number of rotatable bonds is 4. The molecule has 0 fully saturated rings. The minimum atomic E-state index is -1.10. The van der Waals surface area contributed by atoms with E-state index >= 15 is 0 Å². The number of benzene rings is 1. The summed E-state index contributed by atoms with van der Waals surface area (Å²) in [6, 6.07) is 4.19. The van der Waals surface area contributed by atoms with E-state index in [0.29, 0.717) is 6.42 Å². The molecule has 1 aromatic rings. The van der Waals surface area contributed by atoms with E-state index in [1.165, 1.54) is 18.2 Å². The molecule has 0 saturated carbocycles. The highest BCUT2D eigenvalue weighted by atomic mass is 16.4. The van der Waals surface area contributed by atoms with Crippen molar-refractivity contribution in [1.82, 2.24) is 0 Å². The molecule has 1 rings (SSSR count). The molecule has 88 valence electrons. The topological polar surface area (TPSA) is 74.6 Å². The Bertz CT molecular complexity index is 364. The highest BCUT2D eigenvalue weighted by molar-refractivity contribution is 5.94. The second-order valence-corrected chi connectivity index (χ2v) is 3.28. The Kier molecular flexibility index (Phi) is 5.22. The lowest BCUT2D eigenvalue weighted by Crippen LogP contribution is -2.04. The van der Waals surface area contributed by atoms with Crippen molar-refractivity contribution in [3.8, 4) is 0 Å². The van der Waals surface area contributed by atoms with Crippen molar-refractivity contribution in [2.24, 2.45) is 0 Å². The van der Waals surface area contributed by atoms with Crippen molar-refractivity contribution in [1.29, 1.82) is 0 Å². The highest BCUT2D eigenvalue weighted by Crippen LogP contribution is 2.12. The molecular formula is C12H16O4. The second kappa shape index (κ2) is 5.90. The van der Waals surface area contributed by atoms with Gasteiger partial charge in [-0.05, 0) is 30.2 Å². The zero-order valence-electron chi connectivity index (χ0n) is 8.36. The van der Waals surface area contributed by atoms with Crippen molar-refractivity contribution < 1.29 is 19.8 Å². The van der Waals surface area contributed by atoms with Crippen molar-refractivity contribution in [2.45, 2.75) is 27.2 Å². The second-order valence-electron chi connectivity index (χ2n) is 3.28. The summed E-state index contributed by atoms with van der Waals surface area (Å²) >= 11 is 0. The summed E-state index contributed by atoms with van der Waals surface area (Å²) < 4.78 is 0. The van der Waals surface area contributed by atoms with Gasteiger partial charge in [-0.3, -0.25) is 0 Å². The first-order valence-electron chi connectivity index (χ1n) is 4.65. The third kappa shape index (κ3) is 3.38. The zero-order valence-corrected chi connectivity index (χ0v) is 8.36. The number of hydrogen-bond donors (Lipinski definition) is 2. The molecule has 0 heterocycles. The van der Waals surface area contributed by atoms with Gasteiger partial charge in [-0.2, -0.15) is 0 Å². The summed E-state index contributed by atoms with van der Waals surface area (Å²) in [7, 11) is 0. The SMILES string of the molecule is C.CCCc1cc(C(=O)O)cc(C(=O)O)c1. The predicted octanol–water partition coefficient (Wildman–Crippen LogP) is 2.67. The average Bonchev–Trinajstić information content (AvgIpc) is 2.17. The van der Waals surface area contributed by atoms with Gasteiger partial charge in [-0.15, -0.1) is 0 Å². The Morgan fingerprint density at radius 1 is 1.06 bits per heavy atom. The van der Waals surface area contributed by atoms with E-state index < -0.39 is 11.9 Å². The van der Waals surface area contributed by atoms with Crippen molar-refractivity contribution in [2.75, 3.05) is 0 Å². The van der Waals surface area contributed by atoms with Gasteiger partial charge in [0.15, 0.2) is 0 Å². The highest BCUT2D eigenvalue weighted by Gasteiger charge is 2.10. The number of aromatic carboxylic acids is 2. The van der Waals surface area contributed by atoms with Crippen LogP contribution in [0.5, 0.6) is 0 Å². The van der Waals surface area contributed by atoms with E-state index in [0.717, 1.165) is 12.0 Å². The Morgan fingerprint density at radius 3 is 1.81 bits per heavy atom. The average molecular weight is 224 g/mol. The van der Waals surface area contributed by atoms with Gasteiger partial charge in [0.05, 0.1) is 11.1 Å². The van der Waals surface area contributed by atoms with Crippen LogP contribution in [-0.4, -0.2) is 22.2 Å². The van der Waals surface area contributed by atoms with Gasteiger partial charge in [0.25, 0.3) is 0 Å². The summed E-state index contributed by atoms with van der Waals surface area (Å²) in [4.78, 5) is 21.5. The first-order valence-corrected chi connectivity index (χ1v) is 4.65. The van der Waals surface area contributed by atoms with E-state index in [9.17, 15) is 9.59 Å². The van der Waals surface area contributed by atoms with Crippen molar-refractivity contribution in [3.63, 3.8) is 0 Å². The predicted molar refractivity (Wildman–Crippen MR) is 61.1 cm³/mol. The summed E-state index contributed by atoms with van der Waals surface area (Å²) in [6.07, 6.45) is 1.53. The van der Waals surface area contributed by atoms with E-state index in [4.69, 9.17) is 10.2 Å². The quantitative estimate of drug-likeness (QED) is 0.824. The molecular weight excluding hydrogens is 208 g/mol. The maximum atomic E-state index is 10.7. The van der Waals surface area contributed by atoms with Crippen LogP contribution in [-0.2, 0) is 6.42 Å². The molecule has 1 aromatic carbocycles. The van der Waals surface area contributed by atoms with E-state index in [-0.39, 0.29) is 18.6 Å². The summed E-state index contributed by atoms with van der Waals surface area (Å²) in [6.45, 7) is 1.95. The molecule has 16 heavy (non-hydrogen) atoms. The number of carbonyl (C=O) groups is 2. The van der Waals surface area contributed by atoms with Gasteiger partial charge in [-0.25, -0.2) is 9.59 Å². The molecule has 0 bridgehead atoms. The fourth-order valence-corrected chi connectivity index (χ4v) is 1.37. The summed E-state index contributed by atoms with van der Waals surface area (Å²) in [5.74, 6) is -2.20. The van der Waals surface area contributed by atoms with E-state index in [2.05, 4.69) is 0 Å². The molecule has 0 amide bonds. The molecule has 0 aliphatic heterocycles. The molecule has 0 unspecified atom stereocenters. The van der Waals surface area contributed by atoms with Crippen molar-refractivity contribution >= 4 is 11.9 Å². The first-order chi connectivity index (χ1) is 7.04. The van der Waals surface area contributed by atoms with Crippen LogP contribution < -0.4 is 0 Å². The number of aryl methyl sites for hydroxylation is 1. The van der Waals surface area contributed by atoms with Crippen LogP contribution in [0.15, 0.2) is 18.2 Å². The molecule has 0 radical (unpaired) electrons. The van der Waals surface area contributed by atoms with Crippen LogP contribution >= 0.6 is 0 Å². The fraction of sp³-hybridized carbons (Fsp3) is 0.333. The smallest absolute Gasteiger partial charge is 0.335 e. The molecule has 0 aliphatic carbocycles. The summed E-state index contributed by atoms with van der Waals surface area (Å²) in [5, 5.41) is 17.6. The minimum Gasteiger partial charge on any atom is -0.478 e. The van der Waals surface area contributed by atoms with Crippen LogP contribution in [0.25, 0.3) is 0 Å². The van der Waals surface area contributed by atoms with Crippen LogP contribution in [0, 0.1) is 0 Å². The largest absolute Gasteiger partial charge is 0.478 e.